The topological polar surface area (TPSA) is 70.6 Å². The first-order valence-corrected chi connectivity index (χ1v) is 7.08. The van der Waals surface area contributed by atoms with Crippen LogP contribution in [0.4, 0.5) is 0 Å². The summed E-state index contributed by atoms with van der Waals surface area (Å²) in [5, 5.41) is 16.1. The predicted octanol–water partition coefficient (Wildman–Crippen LogP) is -1.02. The van der Waals surface area contributed by atoms with Crippen LogP contribution in [0.5, 0.6) is 0 Å². The summed E-state index contributed by atoms with van der Waals surface area (Å²) in [4.78, 5) is 12.7. The average Bonchev–Trinajstić information content (AvgIpc) is 2.46. The van der Waals surface area contributed by atoms with Gasteiger partial charge in [-0.05, 0) is 31.0 Å². The normalized spacial score (nSPS) is 15.4. The monoisotopic (exact) mass is 305 g/mol. The van der Waals surface area contributed by atoms with Gasteiger partial charge in [0.15, 0.2) is 0 Å². The van der Waals surface area contributed by atoms with E-state index in [1.54, 1.807) is 24.3 Å². The van der Waals surface area contributed by atoms with Gasteiger partial charge in [0.05, 0.1) is 12.0 Å². The summed E-state index contributed by atoms with van der Waals surface area (Å²) in [5.74, 6) is -0.0857. The molecule has 1 fully saturated rings. The molecular weight excluding hydrogens is 289 g/mol. The molecule has 0 radical (unpaired) electrons. The number of nitrogens with one attached hydrogen (secondary N) is 1. The van der Waals surface area contributed by atoms with Gasteiger partial charge < -0.3 is 10.6 Å². The molecule has 0 spiro atoms. The molecule has 0 aromatic heterocycles. The first-order valence-electron chi connectivity index (χ1n) is 6.33. The molecule has 0 aliphatic heterocycles. The van der Waals surface area contributed by atoms with E-state index >= 15 is 0 Å². The number of carbonyl (C=O) groups excluding carboxylic acids is 1. The molecule has 0 atom stereocenters. The molecule has 7 heteroatoms. The summed E-state index contributed by atoms with van der Waals surface area (Å²) in [6.07, 6.45) is 5.71. The quantitative estimate of drug-likeness (QED) is 0.326. The second-order valence-electron chi connectivity index (χ2n) is 4.56. The van der Waals surface area contributed by atoms with Crippen LogP contribution in [0.1, 0.15) is 42.5 Å². The molecule has 104 valence electrons. The van der Waals surface area contributed by atoms with Crippen LogP contribution in [0, 0.1) is 0 Å². The van der Waals surface area contributed by atoms with Crippen LogP contribution in [0.15, 0.2) is 29.2 Å². The molecule has 0 saturated heterocycles. The maximum atomic E-state index is 12.1. The molecule has 1 aliphatic carbocycles. The SMILES string of the molecule is O=C(NC1CCCCC1)c1cccc(SOO[O-])c1.[Na+]. The minimum Gasteiger partial charge on any atom is -0.691 e. The Morgan fingerprint density at radius 2 is 2.05 bits per heavy atom. The van der Waals surface area contributed by atoms with Crippen molar-refractivity contribution in [3.8, 4) is 0 Å². The van der Waals surface area contributed by atoms with E-state index in [9.17, 15) is 10.1 Å². The second-order valence-corrected chi connectivity index (χ2v) is 5.33. The fraction of sp³-hybridized carbons (Fsp3) is 0.462. The van der Waals surface area contributed by atoms with Crippen LogP contribution < -0.4 is 40.1 Å². The van der Waals surface area contributed by atoms with Crippen molar-refractivity contribution < 1.29 is 49.0 Å². The number of hydrogen-bond donors (Lipinski definition) is 1. The molecule has 1 amide bonds. The third-order valence-corrected chi connectivity index (χ3v) is 3.76. The summed E-state index contributed by atoms with van der Waals surface area (Å²) < 4.78 is 4.23. The van der Waals surface area contributed by atoms with E-state index in [0.717, 1.165) is 24.9 Å². The Balaban J connectivity index is 0.00000200. The van der Waals surface area contributed by atoms with Gasteiger partial charge in [-0.15, -0.1) is 0 Å². The number of carbonyl (C=O) groups is 1. The van der Waals surface area contributed by atoms with E-state index in [1.807, 2.05) is 0 Å². The zero-order valence-electron chi connectivity index (χ0n) is 11.5. The molecule has 0 heterocycles. The Morgan fingerprint density at radius 1 is 1.30 bits per heavy atom. The van der Waals surface area contributed by atoms with Crippen molar-refractivity contribution in [2.45, 2.75) is 43.0 Å². The Labute approximate surface area is 144 Å². The van der Waals surface area contributed by atoms with Crippen LogP contribution >= 0.6 is 12.0 Å². The third-order valence-electron chi connectivity index (χ3n) is 3.19. The molecule has 1 aliphatic rings. The fourth-order valence-corrected chi connectivity index (χ4v) is 2.67. The van der Waals surface area contributed by atoms with Gasteiger partial charge in [-0.1, -0.05) is 25.3 Å². The number of benzene rings is 1. The molecule has 0 bridgehead atoms. The molecular formula is C13H16NNaO4S. The Hall–Kier alpha value is -0.0800. The molecule has 5 nitrogen and oxygen atoms in total. The van der Waals surface area contributed by atoms with Gasteiger partial charge in [-0.25, -0.2) is 0 Å². The molecule has 1 N–H and O–H groups in total. The van der Waals surface area contributed by atoms with Crippen LogP contribution in [0.3, 0.4) is 0 Å². The smallest absolute Gasteiger partial charge is 0.691 e. The number of hydrogen-bond acceptors (Lipinski definition) is 5. The van der Waals surface area contributed by atoms with Crippen LogP contribution in [-0.4, -0.2) is 11.9 Å². The first-order chi connectivity index (χ1) is 9.29. The maximum absolute atomic E-state index is 12.1. The van der Waals surface area contributed by atoms with E-state index in [2.05, 4.69) is 14.7 Å². The standard InChI is InChI=1S/C13H17NO4S.Na/c15-13(14-11-6-2-1-3-7-11)10-5-4-8-12(9-10)19-18-17-16;/h4-5,8-9,11,16H,1-3,6-7H2,(H,14,15);/q;+1/p-1. The molecule has 1 saturated carbocycles. The minimum absolute atomic E-state index is 0. The molecule has 2 rings (SSSR count). The molecule has 0 unspecified atom stereocenters. The largest absolute Gasteiger partial charge is 1.00 e. The van der Waals surface area contributed by atoms with Gasteiger partial charge in [0, 0.05) is 16.5 Å². The Morgan fingerprint density at radius 3 is 2.75 bits per heavy atom. The molecule has 1 aromatic carbocycles. The summed E-state index contributed by atoms with van der Waals surface area (Å²) in [6, 6.07) is 7.16. The van der Waals surface area contributed by atoms with E-state index in [1.165, 1.54) is 19.3 Å². The summed E-state index contributed by atoms with van der Waals surface area (Å²) >= 11 is 0.783. The second kappa shape index (κ2) is 9.78. The predicted molar refractivity (Wildman–Crippen MR) is 68.8 cm³/mol. The minimum atomic E-state index is -0.0857. The summed E-state index contributed by atoms with van der Waals surface area (Å²) in [6.45, 7) is 0. The van der Waals surface area contributed by atoms with Crippen molar-refractivity contribution >= 4 is 17.9 Å². The summed E-state index contributed by atoms with van der Waals surface area (Å²) in [5.41, 5.74) is 0.560. The van der Waals surface area contributed by atoms with Crippen molar-refractivity contribution in [2.24, 2.45) is 0 Å². The van der Waals surface area contributed by atoms with Crippen molar-refractivity contribution in [3.05, 3.63) is 29.8 Å². The third kappa shape index (κ3) is 5.73. The van der Waals surface area contributed by atoms with Crippen LogP contribution in [-0.2, 0) is 9.37 Å². The van der Waals surface area contributed by atoms with Gasteiger partial charge in [-0.2, -0.15) is 4.33 Å². The zero-order chi connectivity index (χ0) is 13.5. The van der Waals surface area contributed by atoms with Crippen molar-refractivity contribution in [2.75, 3.05) is 0 Å². The van der Waals surface area contributed by atoms with Crippen molar-refractivity contribution in [1.82, 2.24) is 5.32 Å². The van der Waals surface area contributed by atoms with Crippen LogP contribution in [0.25, 0.3) is 0 Å². The number of rotatable bonds is 5. The Bertz CT molecular complexity index is 427. The van der Waals surface area contributed by atoms with Gasteiger partial charge in [0.2, 0.25) is 0 Å². The Kier molecular flexibility index (Phi) is 8.79. The van der Waals surface area contributed by atoms with Gasteiger partial charge in [-0.3, -0.25) is 9.83 Å². The summed E-state index contributed by atoms with van der Waals surface area (Å²) in [7, 11) is 0. The van der Waals surface area contributed by atoms with E-state index < -0.39 is 0 Å². The first kappa shape index (κ1) is 18.0. The van der Waals surface area contributed by atoms with Crippen molar-refractivity contribution in [1.29, 1.82) is 0 Å². The van der Waals surface area contributed by atoms with E-state index in [-0.39, 0.29) is 41.5 Å². The number of amides is 1. The van der Waals surface area contributed by atoms with Crippen molar-refractivity contribution in [3.63, 3.8) is 0 Å². The van der Waals surface area contributed by atoms with E-state index in [4.69, 9.17) is 0 Å². The fourth-order valence-electron chi connectivity index (χ4n) is 2.26. The van der Waals surface area contributed by atoms with Gasteiger partial charge in [0.1, 0.15) is 0 Å². The zero-order valence-corrected chi connectivity index (χ0v) is 14.3. The average molecular weight is 305 g/mol. The molecule has 1 aromatic rings. The maximum Gasteiger partial charge on any atom is 1.00 e. The van der Waals surface area contributed by atoms with Crippen LogP contribution in [0.2, 0.25) is 0 Å². The molecule has 20 heavy (non-hydrogen) atoms. The van der Waals surface area contributed by atoms with Gasteiger partial charge >= 0.3 is 29.6 Å². The van der Waals surface area contributed by atoms with E-state index in [0.29, 0.717) is 10.5 Å². The van der Waals surface area contributed by atoms with Gasteiger partial charge in [0.25, 0.3) is 5.91 Å².